The zero-order chi connectivity index (χ0) is 21.5. The van der Waals surface area contributed by atoms with Crippen molar-refractivity contribution >= 4 is 35.1 Å². The maximum atomic E-state index is 15.0. The predicted molar refractivity (Wildman–Crippen MR) is 109 cm³/mol. The normalized spacial score (nSPS) is 16.3. The number of nitrogens with zero attached hydrogens (tertiary/aromatic N) is 5. The molecule has 5 rings (SSSR count). The molecule has 2 aromatic heterocycles. The summed E-state index contributed by atoms with van der Waals surface area (Å²) >= 11 is 0.0180. The largest absolute Gasteiger partial charge is 0.447 e. The summed E-state index contributed by atoms with van der Waals surface area (Å²) in [7, 11) is 0. The highest BCUT2D eigenvalue weighted by Crippen LogP contribution is 2.36. The molecule has 0 radical (unpaired) electrons. The molecule has 31 heavy (non-hydrogen) atoms. The lowest BCUT2D eigenvalue weighted by Gasteiger charge is -2.22. The number of carbonyl (C=O) groups is 1. The van der Waals surface area contributed by atoms with Gasteiger partial charge in [0, 0.05) is 17.3 Å². The number of amides is 1. The SMILES string of the molecule is O=C1OCC(c2ccc(-c3cnn(CF)c3)cc2F)N1c1ccc2c(c1)ncn2SF. The lowest BCUT2D eigenvalue weighted by atomic mass is 10.0. The molecule has 3 heterocycles. The summed E-state index contributed by atoms with van der Waals surface area (Å²) in [6.07, 6.45) is 3.65. The van der Waals surface area contributed by atoms with E-state index in [0.717, 1.165) is 4.68 Å². The summed E-state index contributed by atoms with van der Waals surface area (Å²) in [6.45, 7) is -0.800. The fourth-order valence-electron chi connectivity index (χ4n) is 3.67. The molecule has 1 amide bonds. The molecule has 7 nitrogen and oxygen atoms in total. The molecule has 0 N–H and O–H groups in total. The number of halogens is 3. The predicted octanol–water partition coefficient (Wildman–Crippen LogP) is 5.04. The van der Waals surface area contributed by atoms with Gasteiger partial charge in [-0.1, -0.05) is 12.1 Å². The van der Waals surface area contributed by atoms with Gasteiger partial charge in [0.25, 0.3) is 0 Å². The van der Waals surface area contributed by atoms with Crippen molar-refractivity contribution in [2.24, 2.45) is 0 Å². The molecule has 0 aliphatic carbocycles. The smallest absolute Gasteiger partial charge is 0.415 e. The first-order valence-corrected chi connectivity index (χ1v) is 9.87. The quantitative estimate of drug-likeness (QED) is 0.430. The Labute approximate surface area is 178 Å². The molecule has 2 aromatic carbocycles. The van der Waals surface area contributed by atoms with E-state index in [2.05, 4.69) is 10.1 Å². The van der Waals surface area contributed by atoms with Gasteiger partial charge < -0.3 is 4.74 Å². The van der Waals surface area contributed by atoms with Gasteiger partial charge in [0.05, 0.1) is 22.9 Å². The zero-order valence-electron chi connectivity index (χ0n) is 15.8. The Hall–Kier alpha value is -3.47. The Balaban J connectivity index is 1.50. The summed E-state index contributed by atoms with van der Waals surface area (Å²) in [4.78, 5) is 17.9. The third-order valence-corrected chi connectivity index (χ3v) is 5.61. The molecule has 1 aliphatic rings. The van der Waals surface area contributed by atoms with Gasteiger partial charge in [-0.15, -0.1) is 3.89 Å². The van der Waals surface area contributed by atoms with Crippen molar-refractivity contribution < 1.29 is 22.2 Å². The second-order valence-electron chi connectivity index (χ2n) is 6.90. The third kappa shape index (κ3) is 3.30. The summed E-state index contributed by atoms with van der Waals surface area (Å²) in [5.41, 5.74) is 2.88. The van der Waals surface area contributed by atoms with E-state index in [9.17, 15) is 13.1 Å². The number of hydrogen-bond acceptors (Lipinski definition) is 5. The molecule has 11 heteroatoms. The second-order valence-corrected chi connectivity index (χ2v) is 7.43. The van der Waals surface area contributed by atoms with Gasteiger partial charge in [0.1, 0.15) is 24.8 Å². The van der Waals surface area contributed by atoms with Crippen molar-refractivity contribution in [3.63, 3.8) is 0 Å². The van der Waals surface area contributed by atoms with Gasteiger partial charge in [-0.2, -0.15) is 5.10 Å². The fourth-order valence-corrected chi connectivity index (χ4v) is 3.99. The van der Waals surface area contributed by atoms with Crippen LogP contribution in [0.1, 0.15) is 11.6 Å². The molecule has 1 aliphatic heterocycles. The number of aromatic nitrogens is 4. The van der Waals surface area contributed by atoms with Crippen LogP contribution >= 0.6 is 12.3 Å². The standard InChI is InChI=1S/C20H14F3N5O2S/c21-10-26-8-13(7-25-26)12-1-3-15(16(22)5-12)19-9-30-20(29)28(19)14-2-4-18-17(6-14)24-11-27(18)31-23/h1-8,11,19H,9-10H2. The van der Waals surface area contributed by atoms with E-state index in [1.165, 1.54) is 33.7 Å². The molecular weight excluding hydrogens is 431 g/mol. The minimum absolute atomic E-state index is 0.0180. The van der Waals surface area contributed by atoms with Crippen molar-refractivity contribution in [1.82, 2.24) is 18.7 Å². The first-order chi connectivity index (χ1) is 15.1. The highest BCUT2D eigenvalue weighted by molar-refractivity contribution is 7.92. The van der Waals surface area contributed by atoms with E-state index >= 15 is 4.39 Å². The van der Waals surface area contributed by atoms with Crippen LogP contribution in [0, 0.1) is 5.82 Å². The fraction of sp³-hybridized carbons (Fsp3) is 0.150. The van der Waals surface area contributed by atoms with Crippen molar-refractivity contribution in [3.05, 3.63) is 66.5 Å². The van der Waals surface area contributed by atoms with E-state index in [1.54, 1.807) is 30.3 Å². The van der Waals surface area contributed by atoms with Crippen LogP contribution in [0.15, 0.2) is 55.1 Å². The third-order valence-electron chi connectivity index (χ3n) is 5.17. The van der Waals surface area contributed by atoms with Crippen LogP contribution in [0.2, 0.25) is 0 Å². The lowest BCUT2D eigenvalue weighted by molar-refractivity contribution is 0.178. The molecule has 158 valence electrons. The molecule has 0 spiro atoms. The van der Waals surface area contributed by atoms with Crippen molar-refractivity contribution in [3.8, 4) is 11.1 Å². The Bertz CT molecular complexity index is 1290. The van der Waals surface area contributed by atoms with Crippen molar-refractivity contribution in [2.45, 2.75) is 12.8 Å². The van der Waals surface area contributed by atoms with Gasteiger partial charge in [-0.05, 0) is 29.8 Å². The average molecular weight is 445 g/mol. The summed E-state index contributed by atoms with van der Waals surface area (Å²) in [6, 6.07) is 8.78. The minimum Gasteiger partial charge on any atom is -0.447 e. The topological polar surface area (TPSA) is 65.2 Å². The zero-order valence-corrected chi connectivity index (χ0v) is 16.6. The van der Waals surface area contributed by atoms with Crippen LogP contribution in [0.5, 0.6) is 0 Å². The van der Waals surface area contributed by atoms with Crippen LogP contribution in [-0.2, 0) is 11.5 Å². The van der Waals surface area contributed by atoms with E-state index < -0.39 is 24.8 Å². The number of ether oxygens (including phenoxy) is 1. The number of rotatable bonds is 5. The number of fused-ring (bicyclic) bond motifs is 1. The first-order valence-electron chi connectivity index (χ1n) is 9.19. The number of anilines is 1. The molecular formula is C20H14F3N5O2S. The van der Waals surface area contributed by atoms with Gasteiger partial charge >= 0.3 is 6.09 Å². The summed E-state index contributed by atoms with van der Waals surface area (Å²) in [5, 5.41) is 3.85. The molecule has 0 saturated carbocycles. The molecule has 1 unspecified atom stereocenters. The first kappa shape index (κ1) is 19.5. The number of carbonyl (C=O) groups excluding carboxylic acids is 1. The number of hydrogen-bond donors (Lipinski definition) is 0. The van der Waals surface area contributed by atoms with Gasteiger partial charge in [0.2, 0.25) is 0 Å². The average Bonchev–Trinajstić information content (AvgIpc) is 3.51. The van der Waals surface area contributed by atoms with E-state index in [1.807, 2.05) is 0 Å². The molecule has 1 atom stereocenters. The molecule has 1 fully saturated rings. The van der Waals surface area contributed by atoms with Crippen LogP contribution < -0.4 is 4.90 Å². The lowest BCUT2D eigenvalue weighted by Crippen LogP contribution is -2.27. The maximum absolute atomic E-state index is 15.0. The highest BCUT2D eigenvalue weighted by atomic mass is 32.2. The summed E-state index contributed by atoms with van der Waals surface area (Å²) in [5.74, 6) is -0.530. The van der Waals surface area contributed by atoms with E-state index in [0.29, 0.717) is 27.8 Å². The minimum atomic E-state index is -0.774. The number of imidazole rings is 1. The monoisotopic (exact) mass is 445 g/mol. The van der Waals surface area contributed by atoms with Crippen LogP contribution in [0.4, 0.5) is 23.1 Å². The van der Waals surface area contributed by atoms with Crippen molar-refractivity contribution in [2.75, 3.05) is 11.5 Å². The number of cyclic esters (lactones) is 1. The number of benzene rings is 2. The van der Waals surface area contributed by atoms with Gasteiger partial charge in [-0.3, -0.25) is 4.90 Å². The van der Waals surface area contributed by atoms with E-state index in [-0.39, 0.29) is 24.5 Å². The summed E-state index contributed by atoms with van der Waals surface area (Å²) < 4.78 is 48.2. The Morgan fingerprint density at radius 1 is 1.19 bits per heavy atom. The number of alkyl halides is 1. The molecule has 4 aromatic rings. The van der Waals surface area contributed by atoms with Crippen LogP contribution in [0.25, 0.3) is 22.2 Å². The Kier molecular flexibility index (Phi) is 4.81. The Morgan fingerprint density at radius 2 is 2.06 bits per heavy atom. The maximum Gasteiger partial charge on any atom is 0.415 e. The van der Waals surface area contributed by atoms with Crippen molar-refractivity contribution in [1.29, 1.82) is 0 Å². The van der Waals surface area contributed by atoms with E-state index in [4.69, 9.17) is 4.74 Å². The van der Waals surface area contributed by atoms with Gasteiger partial charge in [0.15, 0.2) is 19.1 Å². The van der Waals surface area contributed by atoms with Crippen LogP contribution in [0.3, 0.4) is 0 Å². The molecule has 1 saturated heterocycles. The van der Waals surface area contributed by atoms with Crippen LogP contribution in [-0.4, -0.2) is 31.4 Å². The Morgan fingerprint density at radius 3 is 2.81 bits per heavy atom. The highest BCUT2D eigenvalue weighted by Gasteiger charge is 2.37. The second kappa shape index (κ2) is 7.65. The van der Waals surface area contributed by atoms with Gasteiger partial charge in [-0.25, -0.2) is 27.2 Å². The molecule has 0 bridgehead atoms.